The van der Waals surface area contributed by atoms with Gasteiger partial charge in [0.1, 0.15) is 11.6 Å². The van der Waals surface area contributed by atoms with Crippen molar-refractivity contribution in [1.82, 2.24) is 10.6 Å². The lowest BCUT2D eigenvalue weighted by Crippen LogP contribution is -2.50. The highest BCUT2D eigenvalue weighted by Crippen LogP contribution is 2.15. The van der Waals surface area contributed by atoms with Crippen molar-refractivity contribution in [3.05, 3.63) is 34.9 Å². The minimum absolute atomic E-state index is 0.124. The van der Waals surface area contributed by atoms with Gasteiger partial charge in [0.15, 0.2) is 6.61 Å². The van der Waals surface area contributed by atoms with Gasteiger partial charge in [-0.05, 0) is 31.9 Å². The molecule has 1 rings (SSSR count). The van der Waals surface area contributed by atoms with Crippen LogP contribution in [-0.2, 0) is 14.3 Å². The maximum atomic E-state index is 12.1. The molecule has 0 radical (unpaired) electrons. The zero-order valence-corrected chi connectivity index (χ0v) is 15.9. The molecule has 1 aromatic rings. The summed E-state index contributed by atoms with van der Waals surface area (Å²) in [6.07, 6.45) is 0. The predicted octanol–water partition coefficient (Wildman–Crippen LogP) is 2.06. The molecule has 2 amide bonds. The maximum absolute atomic E-state index is 12.1. The number of carbonyl (C=O) groups excluding carboxylic acids is 3. The van der Waals surface area contributed by atoms with Crippen LogP contribution >= 0.6 is 11.6 Å². The molecule has 7 nitrogen and oxygen atoms in total. The van der Waals surface area contributed by atoms with Crippen LogP contribution in [0.25, 0.3) is 0 Å². The molecule has 140 valence electrons. The zero-order chi connectivity index (χ0) is 19.9. The molecule has 0 fully saturated rings. The molecule has 0 aliphatic heterocycles. The van der Waals surface area contributed by atoms with Crippen LogP contribution in [0, 0.1) is 17.2 Å². The Hall–Kier alpha value is -2.59. The van der Waals surface area contributed by atoms with Crippen LogP contribution in [0.5, 0.6) is 0 Å². The van der Waals surface area contributed by atoms with Gasteiger partial charge in [-0.2, -0.15) is 5.26 Å². The van der Waals surface area contributed by atoms with E-state index >= 15 is 0 Å². The summed E-state index contributed by atoms with van der Waals surface area (Å²) in [5, 5.41) is 14.4. The molecule has 0 spiro atoms. The largest absolute Gasteiger partial charge is 0.454 e. The van der Waals surface area contributed by atoms with E-state index < -0.39 is 36.0 Å². The van der Waals surface area contributed by atoms with Crippen LogP contribution in [0.3, 0.4) is 0 Å². The van der Waals surface area contributed by atoms with E-state index in [1.165, 1.54) is 13.0 Å². The molecule has 2 atom stereocenters. The number of benzene rings is 1. The summed E-state index contributed by atoms with van der Waals surface area (Å²) in [6, 6.07) is 7.47. The number of rotatable bonds is 7. The number of amides is 2. The quantitative estimate of drug-likeness (QED) is 0.705. The molecule has 0 aliphatic rings. The topological polar surface area (TPSA) is 108 Å². The number of nitriles is 1. The number of halogens is 1. The molecule has 0 aromatic heterocycles. The SMILES string of the molecule is CC(C)[C@](C)(C#N)NC(=O)COC(=O)[C@H](C)NC(=O)c1ccccc1Cl. The molecular formula is C18H22ClN3O4. The van der Waals surface area contributed by atoms with Crippen molar-refractivity contribution in [2.45, 2.75) is 39.3 Å². The molecular weight excluding hydrogens is 358 g/mol. The molecule has 2 N–H and O–H groups in total. The summed E-state index contributed by atoms with van der Waals surface area (Å²) in [5.74, 6) is -2.02. The molecule has 0 saturated carbocycles. The van der Waals surface area contributed by atoms with Gasteiger partial charge in [0.25, 0.3) is 11.8 Å². The van der Waals surface area contributed by atoms with E-state index in [1.807, 2.05) is 6.07 Å². The zero-order valence-electron chi connectivity index (χ0n) is 15.1. The Morgan fingerprint density at radius 2 is 1.88 bits per heavy atom. The van der Waals surface area contributed by atoms with Crippen LogP contribution in [-0.4, -0.2) is 36.0 Å². The lowest BCUT2D eigenvalue weighted by Gasteiger charge is -2.27. The maximum Gasteiger partial charge on any atom is 0.328 e. The Morgan fingerprint density at radius 3 is 2.42 bits per heavy atom. The van der Waals surface area contributed by atoms with Gasteiger partial charge >= 0.3 is 5.97 Å². The normalized spacial score (nSPS) is 13.9. The summed E-state index contributed by atoms with van der Waals surface area (Å²) in [4.78, 5) is 35.9. The van der Waals surface area contributed by atoms with E-state index in [1.54, 1.807) is 39.0 Å². The fraction of sp³-hybridized carbons (Fsp3) is 0.444. The Balaban J connectivity index is 2.55. The average molecular weight is 380 g/mol. The Morgan fingerprint density at radius 1 is 1.27 bits per heavy atom. The summed E-state index contributed by atoms with van der Waals surface area (Å²) in [5.41, 5.74) is -0.832. The van der Waals surface area contributed by atoms with Crippen LogP contribution in [0.4, 0.5) is 0 Å². The summed E-state index contributed by atoms with van der Waals surface area (Å²) < 4.78 is 4.89. The van der Waals surface area contributed by atoms with E-state index in [-0.39, 0.29) is 16.5 Å². The van der Waals surface area contributed by atoms with E-state index in [4.69, 9.17) is 21.6 Å². The standard InChI is InChI=1S/C18H22ClN3O4/c1-11(2)18(4,10-20)22-15(23)9-26-17(25)12(3)21-16(24)13-7-5-6-8-14(13)19/h5-8,11-12H,9H2,1-4H3,(H,21,24)(H,22,23)/t12-,18-/m0/s1. The van der Waals surface area contributed by atoms with Crippen molar-refractivity contribution >= 4 is 29.4 Å². The van der Waals surface area contributed by atoms with Crippen molar-refractivity contribution in [2.75, 3.05) is 6.61 Å². The monoisotopic (exact) mass is 379 g/mol. The van der Waals surface area contributed by atoms with E-state index in [0.717, 1.165) is 0 Å². The summed E-state index contributed by atoms with van der Waals surface area (Å²) >= 11 is 5.93. The minimum Gasteiger partial charge on any atom is -0.454 e. The highest BCUT2D eigenvalue weighted by atomic mass is 35.5. The Bertz CT molecular complexity index is 729. The van der Waals surface area contributed by atoms with E-state index in [0.29, 0.717) is 0 Å². The van der Waals surface area contributed by atoms with E-state index in [2.05, 4.69) is 10.6 Å². The fourth-order valence-electron chi connectivity index (χ4n) is 1.87. The molecule has 0 unspecified atom stereocenters. The lowest BCUT2D eigenvalue weighted by atomic mass is 9.90. The van der Waals surface area contributed by atoms with Gasteiger partial charge < -0.3 is 15.4 Å². The van der Waals surface area contributed by atoms with Gasteiger partial charge in [0.2, 0.25) is 0 Å². The Kier molecular flexibility index (Phi) is 7.59. The second-order valence-corrected chi connectivity index (χ2v) is 6.71. The number of hydrogen-bond donors (Lipinski definition) is 2. The van der Waals surface area contributed by atoms with E-state index in [9.17, 15) is 14.4 Å². The second-order valence-electron chi connectivity index (χ2n) is 6.30. The average Bonchev–Trinajstić information content (AvgIpc) is 2.59. The van der Waals surface area contributed by atoms with Crippen molar-refractivity contribution < 1.29 is 19.1 Å². The molecule has 0 bridgehead atoms. The first-order valence-corrected chi connectivity index (χ1v) is 8.42. The number of nitrogens with one attached hydrogen (secondary N) is 2. The fourth-order valence-corrected chi connectivity index (χ4v) is 2.09. The summed E-state index contributed by atoms with van der Waals surface area (Å²) in [6.45, 7) is 6.06. The number of esters is 1. The molecule has 0 heterocycles. The van der Waals surface area contributed by atoms with Crippen molar-refractivity contribution in [2.24, 2.45) is 5.92 Å². The lowest BCUT2D eigenvalue weighted by molar-refractivity contribution is -0.150. The Labute approximate surface area is 157 Å². The smallest absolute Gasteiger partial charge is 0.328 e. The van der Waals surface area contributed by atoms with Crippen LogP contribution in [0.1, 0.15) is 38.1 Å². The minimum atomic E-state index is -1.06. The van der Waals surface area contributed by atoms with Crippen molar-refractivity contribution in [3.8, 4) is 6.07 Å². The highest BCUT2D eigenvalue weighted by molar-refractivity contribution is 6.33. The van der Waals surface area contributed by atoms with Crippen molar-refractivity contribution in [1.29, 1.82) is 5.26 Å². The molecule has 0 aliphatic carbocycles. The summed E-state index contributed by atoms with van der Waals surface area (Å²) in [7, 11) is 0. The molecule has 26 heavy (non-hydrogen) atoms. The van der Waals surface area contributed by atoms with Gasteiger partial charge in [0, 0.05) is 0 Å². The molecule has 8 heteroatoms. The first-order valence-electron chi connectivity index (χ1n) is 8.05. The molecule has 0 saturated heterocycles. The van der Waals surface area contributed by atoms with Crippen molar-refractivity contribution in [3.63, 3.8) is 0 Å². The molecule has 1 aromatic carbocycles. The van der Waals surface area contributed by atoms with Crippen LogP contribution in [0.2, 0.25) is 5.02 Å². The van der Waals surface area contributed by atoms with Gasteiger partial charge in [-0.25, -0.2) is 4.79 Å². The van der Waals surface area contributed by atoms with Crippen LogP contribution in [0.15, 0.2) is 24.3 Å². The first kappa shape index (κ1) is 21.5. The second kappa shape index (κ2) is 9.20. The number of nitrogens with zero attached hydrogens (tertiary/aromatic N) is 1. The number of ether oxygens (including phenoxy) is 1. The number of carbonyl (C=O) groups is 3. The van der Waals surface area contributed by atoms with Gasteiger partial charge in [0.05, 0.1) is 16.7 Å². The first-order chi connectivity index (χ1) is 12.1. The third-order valence-corrected chi connectivity index (χ3v) is 4.28. The number of hydrogen-bond acceptors (Lipinski definition) is 5. The van der Waals surface area contributed by atoms with Crippen LogP contribution < -0.4 is 10.6 Å². The third kappa shape index (κ3) is 5.74. The highest BCUT2D eigenvalue weighted by Gasteiger charge is 2.30. The van der Waals surface area contributed by atoms with Gasteiger partial charge in [-0.1, -0.05) is 37.6 Å². The van der Waals surface area contributed by atoms with Gasteiger partial charge in [-0.15, -0.1) is 0 Å². The third-order valence-electron chi connectivity index (χ3n) is 3.95. The predicted molar refractivity (Wildman–Crippen MR) is 96.3 cm³/mol. The van der Waals surface area contributed by atoms with Gasteiger partial charge in [-0.3, -0.25) is 9.59 Å².